The second-order valence-electron chi connectivity index (χ2n) is 8.99. The Morgan fingerprint density at radius 2 is 1.76 bits per heavy atom. The third-order valence-electron chi connectivity index (χ3n) is 4.40. The van der Waals surface area contributed by atoms with E-state index in [1.54, 1.807) is 50.5 Å². The Balaban J connectivity index is 2.70. The first-order chi connectivity index (χ1) is 15.4. The number of rotatable bonds is 10. The van der Waals surface area contributed by atoms with Gasteiger partial charge in [-0.15, -0.1) is 0 Å². The molecule has 0 aliphatic heterocycles. The molecule has 11 nitrogen and oxygen atoms in total. The topological polar surface area (TPSA) is 172 Å². The zero-order chi connectivity index (χ0) is 25.2. The van der Waals surface area contributed by atoms with E-state index >= 15 is 0 Å². The molecule has 0 saturated carbocycles. The fourth-order valence-electron chi connectivity index (χ4n) is 2.84. The van der Waals surface area contributed by atoms with Gasteiger partial charge in [0, 0.05) is 11.9 Å². The second-order valence-corrected chi connectivity index (χ2v) is 8.99. The summed E-state index contributed by atoms with van der Waals surface area (Å²) < 4.78 is 5.18. The van der Waals surface area contributed by atoms with Crippen LogP contribution in [0.3, 0.4) is 0 Å². The number of hydrazine groups is 1. The maximum absolute atomic E-state index is 12.5. The van der Waals surface area contributed by atoms with Crippen LogP contribution in [0.1, 0.15) is 46.6 Å². The van der Waals surface area contributed by atoms with Crippen LogP contribution in [0, 0.1) is 11.8 Å². The number of anilines is 1. The maximum Gasteiger partial charge on any atom is 0.407 e. The molecule has 11 heteroatoms. The van der Waals surface area contributed by atoms with E-state index < -0.39 is 29.4 Å². The Morgan fingerprint density at radius 1 is 1.15 bits per heavy atom. The molecule has 0 heterocycles. The molecule has 0 bridgehead atoms. The highest BCUT2D eigenvalue weighted by Gasteiger charge is 2.27. The average molecular weight is 465 g/mol. The van der Waals surface area contributed by atoms with Crippen molar-refractivity contribution in [2.75, 3.05) is 11.9 Å². The number of carbonyl (C=O) groups excluding carboxylic acids is 3. The monoisotopic (exact) mass is 464 g/mol. The maximum atomic E-state index is 12.5. The smallest absolute Gasteiger partial charge is 0.407 e. The number of nitrogens with zero attached hydrogens (tertiary/aromatic N) is 1. The molecule has 1 aromatic carbocycles. The summed E-state index contributed by atoms with van der Waals surface area (Å²) in [4.78, 5) is 36.1. The normalized spacial score (nSPS) is 12.7. The van der Waals surface area contributed by atoms with Crippen molar-refractivity contribution < 1.29 is 24.3 Å². The lowest BCUT2D eigenvalue weighted by Crippen LogP contribution is -2.39. The van der Waals surface area contributed by atoms with Crippen molar-refractivity contribution in [2.24, 2.45) is 23.4 Å². The predicted octanol–water partition coefficient (Wildman–Crippen LogP) is 1.79. The van der Waals surface area contributed by atoms with Crippen molar-refractivity contribution in [3.63, 3.8) is 0 Å². The van der Waals surface area contributed by atoms with E-state index in [0.717, 1.165) is 5.56 Å². The van der Waals surface area contributed by atoms with E-state index in [2.05, 4.69) is 10.6 Å². The van der Waals surface area contributed by atoms with Gasteiger partial charge in [-0.05, 0) is 50.8 Å². The molecule has 1 unspecified atom stereocenters. The van der Waals surface area contributed by atoms with E-state index in [1.165, 1.54) is 11.2 Å². The number of alkyl carbamates (subject to hydrolysis) is 1. The Morgan fingerprint density at radius 3 is 2.24 bits per heavy atom. The van der Waals surface area contributed by atoms with Crippen LogP contribution in [-0.4, -0.2) is 40.3 Å². The zero-order valence-corrected chi connectivity index (χ0v) is 19.8. The van der Waals surface area contributed by atoms with Crippen LogP contribution < -0.4 is 27.7 Å². The van der Waals surface area contributed by atoms with Gasteiger partial charge in [-0.2, -0.15) is 0 Å². The fraction of sp³-hybridized carbons (Fsp3) is 0.500. The van der Waals surface area contributed by atoms with Crippen molar-refractivity contribution in [3.8, 4) is 0 Å². The number of amides is 3. The number of ether oxygens (including phenoxy) is 1. The third-order valence-corrected chi connectivity index (χ3v) is 4.40. The minimum atomic E-state index is -1.01. The van der Waals surface area contributed by atoms with Crippen molar-refractivity contribution >= 4 is 23.6 Å². The van der Waals surface area contributed by atoms with Crippen LogP contribution in [0.5, 0.6) is 0 Å². The standard InChI is InChI=1S/C22H36N6O5/c1-14(2)10-18(20(30)27-32)19(29)26-16-8-6-15(7-9-16)13-28(24)17(11-23)12-25-21(31)33-22(3,4)5/h6-9,11,14,18,32H,10,12-13,23-24H2,1-5H3,(H,25,31)(H,26,29)(H,27,30)/b17-11-. The van der Waals surface area contributed by atoms with Gasteiger partial charge in [0.25, 0.3) is 5.91 Å². The van der Waals surface area contributed by atoms with E-state index in [4.69, 9.17) is 21.5 Å². The lowest BCUT2D eigenvalue weighted by molar-refractivity contribution is -0.139. The van der Waals surface area contributed by atoms with Gasteiger partial charge in [-0.1, -0.05) is 26.0 Å². The van der Waals surface area contributed by atoms with Gasteiger partial charge in [0.05, 0.1) is 18.8 Å². The number of hydrogen-bond acceptors (Lipinski definition) is 8. The molecule has 1 atom stereocenters. The Kier molecular flexibility index (Phi) is 10.6. The van der Waals surface area contributed by atoms with Crippen LogP contribution in [-0.2, 0) is 20.9 Å². The second kappa shape index (κ2) is 12.7. The number of nitrogens with two attached hydrogens (primary N) is 2. The molecule has 1 rings (SSSR count). The largest absolute Gasteiger partial charge is 0.444 e. The molecule has 3 amide bonds. The van der Waals surface area contributed by atoms with E-state index in [1.807, 2.05) is 13.8 Å². The van der Waals surface area contributed by atoms with Gasteiger partial charge >= 0.3 is 6.09 Å². The molecule has 8 N–H and O–H groups in total. The van der Waals surface area contributed by atoms with Gasteiger partial charge in [0.15, 0.2) is 0 Å². The SMILES string of the molecule is CC(C)CC(C(=O)NO)C(=O)Nc1ccc(CN(N)/C(=C\N)CNC(=O)OC(C)(C)C)cc1. The zero-order valence-electron chi connectivity index (χ0n) is 19.8. The van der Waals surface area contributed by atoms with Gasteiger partial charge in [-0.25, -0.2) is 16.1 Å². The first-order valence-electron chi connectivity index (χ1n) is 10.6. The molecule has 1 aromatic rings. The lowest BCUT2D eigenvalue weighted by atomic mass is 9.95. The Bertz CT molecular complexity index is 833. The number of nitrogens with one attached hydrogen (secondary N) is 3. The Hall–Kier alpha value is -3.31. The number of hydrogen-bond donors (Lipinski definition) is 6. The van der Waals surface area contributed by atoms with Gasteiger partial charge < -0.3 is 26.1 Å². The summed E-state index contributed by atoms with van der Waals surface area (Å²) in [5.74, 6) is 3.90. The highest BCUT2D eigenvalue weighted by Crippen LogP contribution is 2.17. The highest BCUT2D eigenvalue weighted by molar-refractivity contribution is 6.06. The summed E-state index contributed by atoms with van der Waals surface area (Å²) >= 11 is 0. The van der Waals surface area contributed by atoms with Crippen molar-refractivity contribution in [1.82, 2.24) is 15.8 Å². The van der Waals surface area contributed by atoms with Crippen molar-refractivity contribution in [3.05, 3.63) is 41.7 Å². The van der Waals surface area contributed by atoms with Gasteiger partial charge in [0.2, 0.25) is 5.91 Å². The predicted molar refractivity (Wildman–Crippen MR) is 124 cm³/mol. The number of hydroxylamine groups is 1. The number of carbonyl (C=O) groups is 3. The average Bonchev–Trinajstić information content (AvgIpc) is 2.71. The molecule has 0 aromatic heterocycles. The summed E-state index contributed by atoms with van der Waals surface area (Å²) in [5.41, 5.74) is 8.36. The summed E-state index contributed by atoms with van der Waals surface area (Å²) in [5, 5.41) is 15.6. The van der Waals surface area contributed by atoms with Gasteiger partial charge in [-0.3, -0.25) is 14.8 Å². The molecule has 0 saturated heterocycles. The molecular formula is C22H36N6O5. The number of benzene rings is 1. The third kappa shape index (κ3) is 10.2. The van der Waals surface area contributed by atoms with Crippen LogP contribution in [0.25, 0.3) is 0 Å². The van der Waals surface area contributed by atoms with Crippen LogP contribution >= 0.6 is 0 Å². The lowest BCUT2D eigenvalue weighted by Gasteiger charge is -2.24. The van der Waals surface area contributed by atoms with E-state index in [9.17, 15) is 14.4 Å². The molecule has 0 radical (unpaired) electrons. The molecule has 0 fully saturated rings. The van der Waals surface area contributed by atoms with Crippen molar-refractivity contribution in [1.29, 1.82) is 0 Å². The quantitative estimate of drug-likeness (QED) is 0.132. The Labute approximate surface area is 194 Å². The minimum absolute atomic E-state index is 0.0835. The first kappa shape index (κ1) is 27.7. The molecule has 33 heavy (non-hydrogen) atoms. The first-order valence-corrected chi connectivity index (χ1v) is 10.6. The molecule has 0 aliphatic carbocycles. The highest BCUT2D eigenvalue weighted by atomic mass is 16.6. The minimum Gasteiger partial charge on any atom is -0.444 e. The van der Waals surface area contributed by atoms with Crippen LogP contribution in [0.15, 0.2) is 36.2 Å². The van der Waals surface area contributed by atoms with Crippen LogP contribution in [0.4, 0.5) is 10.5 Å². The summed E-state index contributed by atoms with van der Waals surface area (Å²) in [7, 11) is 0. The molecular weight excluding hydrogens is 428 g/mol. The van der Waals surface area contributed by atoms with E-state index in [-0.39, 0.29) is 19.0 Å². The van der Waals surface area contributed by atoms with E-state index in [0.29, 0.717) is 17.8 Å². The molecule has 184 valence electrons. The molecule has 0 aliphatic rings. The van der Waals surface area contributed by atoms with Crippen LogP contribution in [0.2, 0.25) is 0 Å². The van der Waals surface area contributed by atoms with Crippen molar-refractivity contribution in [2.45, 2.75) is 53.2 Å². The van der Waals surface area contributed by atoms with Gasteiger partial charge in [0.1, 0.15) is 11.5 Å². The summed E-state index contributed by atoms with van der Waals surface area (Å²) in [6.45, 7) is 9.42. The fourth-order valence-corrected chi connectivity index (χ4v) is 2.84. The summed E-state index contributed by atoms with van der Waals surface area (Å²) in [6, 6.07) is 6.87. The summed E-state index contributed by atoms with van der Waals surface area (Å²) in [6.07, 6.45) is 1.01. The molecule has 0 spiro atoms.